The molecule has 1 heterocycles. The summed E-state index contributed by atoms with van der Waals surface area (Å²) in [6.45, 7) is 0.455. The first kappa shape index (κ1) is 14.5. The van der Waals surface area contributed by atoms with Gasteiger partial charge in [-0.25, -0.2) is 0 Å². The van der Waals surface area contributed by atoms with E-state index in [0.29, 0.717) is 12.1 Å². The van der Waals surface area contributed by atoms with Crippen molar-refractivity contribution in [1.29, 1.82) is 0 Å². The molecule has 0 aliphatic heterocycles. The van der Waals surface area contributed by atoms with Crippen molar-refractivity contribution in [2.24, 2.45) is 0 Å². The molecule has 4 nitrogen and oxygen atoms in total. The van der Waals surface area contributed by atoms with Gasteiger partial charge in [0, 0.05) is 16.9 Å². The molecule has 0 spiro atoms. The molecule has 1 aromatic heterocycles. The van der Waals surface area contributed by atoms with Gasteiger partial charge in [0.1, 0.15) is 0 Å². The van der Waals surface area contributed by atoms with Crippen LogP contribution in [0.15, 0.2) is 24.4 Å². The normalized spacial score (nSPS) is 10.4. The predicted octanol–water partition coefficient (Wildman–Crippen LogP) is 3.15. The van der Waals surface area contributed by atoms with Crippen molar-refractivity contribution >= 4 is 73.7 Å². The second-order valence-electron chi connectivity index (χ2n) is 3.51. The number of hydrogen-bond acceptors (Lipinski definition) is 2. The van der Waals surface area contributed by atoms with Crippen molar-refractivity contribution in [3.05, 3.63) is 46.4 Å². The van der Waals surface area contributed by atoms with Gasteiger partial charge in [0.2, 0.25) is 0 Å². The van der Waals surface area contributed by atoms with Crippen LogP contribution in [0.3, 0.4) is 0 Å². The Bertz CT molecular complexity index is 569. The van der Waals surface area contributed by atoms with E-state index in [-0.39, 0.29) is 5.91 Å². The van der Waals surface area contributed by atoms with Gasteiger partial charge in [-0.1, -0.05) is 0 Å². The third-order valence-electron chi connectivity index (χ3n) is 2.24. The Morgan fingerprint density at radius 2 is 2.11 bits per heavy atom. The fraction of sp³-hybridized carbons (Fsp3) is 0.0909. The maximum atomic E-state index is 12.1. The van der Waals surface area contributed by atoms with E-state index in [1.54, 1.807) is 6.20 Å². The topological polar surface area (TPSA) is 57.8 Å². The summed E-state index contributed by atoms with van der Waals surface area (Å²) < 4.78 is 3.13. The van der Waals surface area contributed by atoms with E-state index >= 15 is 0 Å². The second kappa shape index (κ2) is 6.50. The summed E-state index contributed by atoms with van der Waals surface area (Å²) in [5.41, 5.74) is 1.60. The summed E-state index contributed by atoms with van der Waals surface area (Å²) in [7, 11) is 0. The Balaban J connectivity index is 2.14. The average molecular weight is 579 g/mol. The molecule has 0 aliphatic rings. The van der Waals surface area contributed by atoms with Crippen LogP contribution in [0.4, 0.5) is 0 Å². The van der Waals surface area contributed by atoms with Crippen LogP contribution < -0.4 is 5.32 Å². The van der Waals surface area contributed by atoms with E-state index in [9.17, 15) is 4.79 Å². The molecule has 0 saturated heterocycles. The molecule has 0 saturated carbocycles. The lowest BCUT2D eigenvalue weighted by Crippen LogP contribution is -2.24. The highest BCUT2D eigenvalue weighted by atomic mass is 127. The first-order valence-electron chi connectivity index (χ1n) is 4.99. The molecule has 0 atom stereocenters. The molecule has 18 heavy (non-hydrogen) atoms. The number of hydrogen-bond donors (Lipinski definition) is 2. The Morgan fingerprint density at radius 1 is 1.33 bits per heavy atom. The predicted molar refractivity (Wildman–Crippen MR) is 94.4 cm³/mol. The Kier molecular flexibility index (Phi) is 5.24. The molecule has 7 heteroatoms. The number of H-pyrrole nitrogens is 1. The van der Waals surface area contributed by atoms with Gasteiger partial charge in [-0.2, -0.15) is 5.10 Å². The number of aromatic nitrogens is 2. The molecule has 94 valence electrons. The van der Waals surface area contributed by atoms with Gasteiger partial charge in [-0.3, -0.25) is 9.89 Å². The molecule has 0 aliphatic carbocycles. The number of halogens is 3. The Hall–Kier alpha value is 0.0900. The highest BCUT2D eigenvalue weighted by molar-refractivity contribution is 14.1. The van der Waals surface area contributed by atoms with Gasteiger partial charge in [-0.05, 0) is 86.0 Å². The van der Waals surface area contributed by atoms with Crippen molar-refractivity contribution in [2.75, 3.05) is 0 Å². The lowest BCUT2D eigenvalue weighted by atomic mass is 10.2. The van der Waals surface area contributed by atoms with E-state index < -0.39 is 0 Å². The summed E-state index contributed by atoms with van der Waals surface area (Å²) in [6.07, 6.45) is 1.67. The number of aromatic amines is 1. The second-order valence-corrected chi connectivity index (χ2v) is 7.00. The molecular weight excluding hydrogens is 571 g/mol. The van der Waals surface area contributed by atoms with Gasteiger partial charge < -0.3 is 5.32 Å². The Labute approximate surface area is 145 Å². The van der Waals surface area contributed by atoms with Gasteiger partial charge in [0.15, 0.2) is 0 Å². The third kappa shape index (κ3) is 3.56. The third-order valence-corrected chi connectivity index (χ3v) is 5.90. The molecule has 2 rings (SSSR count). The summed E-state index contributed by atoms with van der Waals surface area (Å²) in [6, 6.07) is 5.78. The standard InChI is InChI=1S/C11H8I3N3O/c12-6-3-8(10(14)9(13)4-6)11(18)15-5-7-1-2-16-17-7/h1-4H,5H2,(H,15,18)(H,16,17). The number of rotatable bonds is 3. The summed E-state index contributed by atoms with van der Waals surface area (Å²) >= 11 is 6.65. The molecule has 2 aromatic rings. The maximum Gasteiger partial charge on any atom is 0.252 e. The van der Waals surface area contributed by atoms with Crippen LogP contribution >= 0.6 is 67.8 Å². The van der Waals surface area contributed by atoms with Gasteiger partial charge in [0.05, 0.1) is 17.8 Å². The van der Waals surface area contributed by atoms with Gasteiger partial charge >= 0.3 is 0 Å². The number of nitrogens with zero attached hydrogens (tertiary/aromatic N) is 1. The van der Waals surface area contributed by atoms with E-state index in [0.717, 1.165) is 16.4 Å². The minimum Gasteiger partial charge on any atom is -0.346 e. The van der Waals surface area contributed by atoms with Crippen LogP contribution in [-0.4, -0.2) is 16.1 Å². The van der Waals surface area contributed by atoms with Gasteiger partial charge in [0.25, 0.3) is 5.91 Å². The highest BCUT2D eigenvalue weighted by Gasteiger charge is 2.13. The Morgan fingerprint density at radius 3 is 2.78 bits per heavy atom. The molecule has 0 radical (unpaired) electrons. The minimum absolute atomic E-state index is 0.0644. The number of benzene rings is 1. The SMILES string of the molecule is O=C(NCc1ccn[nH]1)c1cc(I)cc(I)c1I. The minimum atomic E-state index is -0.0644. The zero-order valence-corrected chi connectivity index (χ0v) is 15.5. The fourth-order valence-electron chi connectivity index (χ4n) is 1.38. The fourth-order valence-corrected chi connectivity index (χ4v) is 3.78. The number of nitrogens with one attached hydrogen (secondary N) is 2. The van der Waals surface area contributed by atoms with Crippen LogP contribution in [0.5, 0.6) is 0 Å². The van der Waals surface area contributed by atoms with Crippen LogP contribution in [0.1, 0.15) is 16.1 Å². The zero-order chi connectivity index (χ0) is 13.1. The molecular formula is C11H8I3N3O. The first-order valence-corrected chi connectivity index (χ1v) is 8.22. The maximum absolute atomic E-state index is 12.1. The molecule has 2 N–H and O–H groups in total. The number of carbonyl (C=O) groups is 1. The van der Waals surface area contributed by atoms with E-state index in [2.05, 4.69) is 89.4 Å². The van der Waals surface area contributed by atoms with Gasteiger partial charge in [-0.15, -0.1) is 0 Å². The monoisotopic (exact) mass is 579 g/mol. The highest BCUT2D eigenvalue weighted by Crippen LogP contribution is 2.22. The summed E-state index contributed by atoms with van der Waals surface area (Å²) in [5.74, 6) is -0.0644. The van der Waals surface area contributed by atoms with Crippen LogP contribution in [-0.2, 0) is 6.54 Å². The van der Waals surface area contributed by atoms with Crippen LogP contribution in [0, 0.1) is 10.7 Å². The molecule has 1 amide bonds. The van der Waals surface area contributed by atoms with E-state index in [1.807, 2.05) is 12.1 Å². The lowest BCUT2D eigenvalue weighted by Gasteiger charge is -2.08. The average Bonchev–Trinajstić information content (AvgIpc) is 2.83. The largest absolute Gasteiger partial charge is 0.346 e. The van der Waals surface area contributed by atoms with Crippen LogP contribution in [0.2, 0.25) is 0 Å². The summed E-state index contributed by atoms with van der Waals surface area (Å²) in [4.78, 5) is 12.1. The lowest BCUT2D eigenvalue weighted by molar-refractivity contribution is 0.0949. The smallest absolute Gasteiger partial charge is 0.252 e. The summed E-state index contributed by atoms with van der Waals surface area (Å²) in [5, 5.41) is 9.53. The van der Waals surface area contributed by atoms with Crippen molar-refractivity contribution < 1.29 is 4.79 Å². The van der Waals surface area contributed by atoms with Crippen molar-refractivity contribution in [2.45, 2.75) is 6.54 Å². The molecule has 1 aromatic carbocycles. The van der Waals surface area contributed by atoms with Crippen molar-refractivity contribution in [1.82, 2.24) is 15.5 Å². The van der Waals surface area contributed by atoms with Crippen LogP contribution in [0.25, 0.3) is 0 Å². The van der Waals surface area contributed by atoms with Crippen molar-refractivity contribution in [3.8, 4) is 0 Å². The quantitative estimate of drug-likeness (QED) is 0.434. The molecule has 0 fully saturated rings. The number of amides is 1. The first-order chi connectivity index (χ1) is 8.58. The van der Waals surface area contributed by atoms with Crippen molar-refractivity contribution in [3.63, 3.8) is 0 Å². The molecule has 0 unspecified atom stereocenters. The zero-order valence-electron chi connectivity index (χ0n) is 9.01. The number of carbonyl (C=O) groups excluding carboxylic acids is 1. The molecule has 0 bridgehead atoms. The van der Waals surface area contributed by atoms with E-state index in [1.165, 1.54) is 0 Å². The van der Waals surface area contributed by atoms with E-state index in [4.69, 9.17) is 0 Å².